The number of alkyl halides is 3. The molecule has 0 fully saturated rings. The number of amides is 1. The summed E-state index contributed by atoms with van der Waals surface area (Å²) in [5.41, 5.74) is -0.887. The highest BCUT2D eigenvalue weighted by atomic mass is 32.1. The predicted octanol–water partition coefficient (Wildman–Crippen LogP) is 5.55. The number of carbonyl (C=O) groups is 2. The molecule has 27 heavy (non-hydrogen) atoms. The van der Waals surface area contributed by atoms with Crippen molar-refractivity contribution in [1.82, 2.24) is 0 Å². The third-order valence-corrected chi connectivity index (χ3v) is 4.56. The average Bonchev–Trinajstić information content (AvgIpc) is 3.14. The van der Waals surface area contributed by atoms with Crippen molar-refractivity contribution < 1.29 is 27.5 Å². The highest BCUT2D eigenvalue weighted by Gasteiger charge is 2.31. The molecule has 0 saturated heterocycles. The van der Waals surface area contributed by atoms with Crippen LogP contribution in [0.5, 0.6) is 5.75 Å². The van der Waals surface area contributed by atoms with Crippen molar-refractivity contribution in [3.63, 3.8) is 0 Å². The van der Waals surface area contributed by atoms with E-state index >= 15 is 0 Å². The maximum Gasteiger partial charge on any atom is 0.416 e. The topological polar surface area (TPSA) is 55.4 Å². The fourth-order valence-electron chi connectivity index (χ4n) is 2.32. The van der Waals surface area contributed by atoms with E-state index in [2.05, 4.69) is 5.32 Å². The third kappa shape index (κ3) is 6.39. The summed E-state index contributed by atoms with van der Waals surface area (Å²) in [5.74, 6) is -0.327. The fraction of sp³-hybridized carbons (Fsp3) is 0.368. The largest absolute Gasteiger partial charge is 0.491 e. The van der Waals surface area contributed by atoms with E-state index in [0.717, 1.165) is 12.1 Å². The normalized spacial score (nSPS) is 11.3. The maximum absolute atomic E-state index is 12.9. The van der Waals surface area contributed by atoms with Crippen LogP contribution in [0.4, 0.5) is 18.9 Å². The third-order valence-electron chi connectivity index (χ3n) is 3.65. The van der Waals surface area contributed by atoms with Gasteiger partial charge in [-0.05, 0) is 42.5 Å². The molecule has 2 rings (SSSR count). The van der Waals surface area contributed by atoms with Gasteiger partial charge >= 0.3 is 6.18 Å². The number of thiophene rings is 1. The summed E-state index contributed by atoms with van der Waals surface area (Å²) < 4.78 is 44.2. The Morgan fingerprint density at radius 3 is 2.59 bits per heavy atom. The van der Waals surface area contributed by atoms with Gasteiger partial charge in [0, 0.05) is 12.8 Å². The van der Waals surface area contributed by atoms with Crippen LogP contribution < -0.4 is 10.1 Å². The molecule has 146 valence electrons. The van der Waals surface area contributed by atoms with E-state index in [1.165, 1.54) is 17.4 Å². The number of nitrogens with one attached hydrogen (secondary N) is 1. The molecular formula is C19H20F3NO3S. The van der Waals surface area contributed by atoms with E-state index in [-0.39, 0.29) is 30.1 Å². The second kappa shape index (κ2) is 9.55. The standard InChI is InChI=1S/C19H20F3NO3S/c1-2-10-26-16-9-8-13(19(20,21)22)12-14(16)23-18(25)7-3-5-15(24)17-6-4-11-27-17/h4,6,8-9,11-12H,2-3,5,7,10H2,1H3,(H,23,25). The maximum atomic E-state index is 12.9. The molecule has 0 spiro atoms. The second-order valence-corrected chi connectivity index (χ2v) is 6.81. The zero-order valence-electron chi connectivity index (χ0n) is 14.8. The lowest BCUT2D eigenvalue weighted by Gasteiger charge is -2.15. The van der Waals surface area contributed by atoms with Crippen LogP contribution in [-0.2, 0) is 11.0 Å². The Bertz CT molecular complexity index is 773. The summed E-state index contributed by atoms with van der Waals surface area (Å²) in [4.78, 5) is 24.6. The summed E-state index contributed by atoms with van der Waals surface area (Å²) in [5, 5.41) is 4.26. The molecule has 1 N–H and O–H groups in total. The van der Waals surface area contributed by atoms with Gasteiger partial charge in [0.2, 0.25) is 5.91 Å². The molecule has 0 unspecified atom stereocenters. The van der Waals surface area contributed by atoms with Gasteiger partial charge < -0.3 is 10.1 Å². The molecule has 1 aromatic carbocycles. The van der Waals surface area contributed by atoms with Gasteiger partial charge in [0.25, 0.3) is 0 Å². The predicted molar refractivity (Wildman–Crippen MR) is 98.4 cm³/mol. The molecule has 0 aliphatic carbocycles. The Morgan fingerprint density at radius 2 is 1.96 bits per heavy atom. The Balaban J connectivity index is 1.98. The van der Waals surface area contributed by atoms with E-state index in [9.17, 15) is 22.8 Å². The van der Waals surface area contributed by atoms with Gasteiger partial charge in [0.15, 0.2) is 5.78 Å². The number of halogens is 3. The van der Waals surface area contributed by atoms with Gasteiger partial charge in [-0.1, -0.05) is 13.0 Å². The molecule has 1 aromatic heterocycles. The first-order valence-corrected chi connectivity index (χ1v) is 9.40. The Hall–Kier alpha value is -2.35. The van der Waals surface area contributed by atoms with Gasteiger partial charge in [0.05, 0.1) is 22.7 Å². The molecule has 1 amide bonds. The first-order valence-electron chi connectivity index (χ1n) is 8.52. The van der Waals surface area contributed by atoms with Crippen LogP contribution in [0.15, 0.2) is 35.7 Å². The van der Waals surface area contributed by atoms with Gasteiger partial charge in [-0.25, -0.2) is 0 Å². The molecule has 8 heteroatoms. The van der Waals surface area contributed by atoms with E-state index in [1.54, 1.807) is 17.5 Å². The Morgan fingerprint density at radius 1 is 1.19 bits per heavy atom. The summed E-state index contributed by atoms with van der Waals surface area (Å²) >= 11 is 1.33. The van der Waals surface area contributed by atoms with Crippen molar-refractivity contribution in [2.24, 2.45) is 0 Å². The molecule has 0 aliphatic heterocycles. The van der Waals surface area contributed by atoms with Crippen LogP contribution in [0.2, 0.25) is 0 Å². The number of anilines is 1. The fourth-order valence-corrected chi connectivity index (χ4v) is 3.02. The first kappa shape index (κ1) is 21.0. The number of Topliss-reactive ketones (excluding diaryl/α,β-unsaturated/α-hetero) is 1. The van der Waals surface area contributed by atoms with Crippen LogP contribution in [0.3, 0.4) is 0 Å². The Kier molecular flexibility index (Phi) is 7.41. The molecule has 0 atom stereocenters. The molecular weight excluding hydrogens is 379 g/mol. The lowest BCUT2D eigenvalue weighted by atomic mass is 10.1. The zero-order valence-corrected chi connectivity index (χ0v) is 15.6. The number of rotatable bonds is 9. The highest BCUT2D eigenvalue weighted by Crippen LogP contribution is 2.35. The van der Waals surface area contributed by atoms with Crippen LogP contribution in [0.1, 0.15) is 47.8 Å². The lowest BCUT2D eigenvalue weighted by molar-refractivity contribution is -0.137. The average molecular weight is 399 g/mol. The SMILES string of the molecule is CCCOc1ccc(C(F)(F)F)cc1NC(=O)CCCC(=O)c1cccs1. The highest BCUT2D eigenvalue weighted by molar-refractivity contribution is 7.12. The first-order chi connectivity index (χ1) is 12.8. The van der Waals surface area contributed by atoms with Crippen LogP contribution in [0.25, 0.3) is 0 Å². The van der Waals surface area contributed by atoms with E-state index in [4.69, 9.17) is 4.74 Å². The minimum absolute atomic E-state index is 0.0205. The summed E-state index contributed by atoms with van der Waals surface area (Å²) in [7, 11) is 0. The summed E-state index contributed by atoms with van der Waals surface area (Å²) in [6.07, 6.45) is -3.29. The van der Waals surface area contributed by atoms with Gasteiger partial charge in [0.1, 0.15) is 5.75 Å². The van der Waals surface area contributed by atoms with Crippen LogP contribution in [0, 0.1) is 0 Å². The quantitative estimate of drug-likeness (QED) is 0.563. The molecule has 2 aromatic rings. The van der Waals surface area contributed by atoms with Gasteiger partial charge in [-0.3, -0.25) is 9.59 Å². The minimum Gasteiger partial charge on any atom is -0.491 e. The van der Waals surface area contributed by atoms with Crippen molar-refractivity contribution in [3.8, 4) is 5.75 Å². The molecule has 0 aliphatic rings. The lowest BCUT2D eigenvalue weighted by Crippen LogP contribution is -2.14. The number of hydrogen-bond donors (Lipinski definition) is 1. The molecule has 1 heterocycles. The van der Waals surface area contributed by atoms with E-state index in [1.807, 2.05) is 6.92 Å². The number of carbonyl (C=O) groups excluding carboxylic acids is 2. The number of hydrogen-bond acceptors (Lipinski definition) is 4. The van der Waals surface area contributed by atoms with Crippen molar-refractivity contribution in [1.29, 1.82) is 0 Å². The van der Waals surface area contributed by atoms with Crippen molar-refractivity contribution in [2.45, 2.75) is 38.8 Å². The van der Waals surface area contributed by atoms with Crippen LogP contribution >= 0.6 is 11.3 Å². The minimum atomic E-state index is -4.52. The van der Waals surface area contributed by atoms with Crippen molar-refractivity contribution in [3.05, 3.63) is 46.2 Å². The number of ether oxygens (including phenoxy) is 1. The molecule has 0 bridgehead atoms. The molecule has 4 nitrogen and oxygen atoms in total. The summed E-state index contributed by atoms with van der Waals surface area (Å²) in [6.45, 7) is 2.19. The van der Waals surface area contributed by atoms with Crippen LogP contribution in [-0.4, -0.2) is 18.3 Å². The monoisotopic (exact) mass is 399 g/mol. The second-order valence-electron chi connectivity index (χ2n) is 5.86. The van der Waals surface area contributed by atoms with Gasteiger partial charge in [-0.2, -0.15) is 13.2 Å². The molecule has 0 radical (unpaired) electrons. The zero-order chi connectivity index (χ0) is 19.9. The van der Waals surface area contributed by atoms with Gasteiger partial charge in [-0.15, -0.1) is 11.3 Å². The number of ketones is 1. The Labute approximate surface area is 159 Å². The smallest absolute Gasteiger partial charge is 0.416 e. The van der Waals surface area contributed by atoms with Crippen molar-refractivity contribution >= 4 is 28.7 Å². The summed E-state index contributed by atoms with van der Waals surface area (Å²) in [6, 6.07) is 6.47. The van der Waals surface area contributed by atoms with E-state index in [0.29, 0.717) is 24.3 Å². The molecule has 0 saturated carbocycles. The number of benzene rings is 1. The van der Waals surface area contributed by atoms with Crippen molar-refractivity contribution in [2.75, 3.05) is 11.9 Å². The van der Waals surface area contributed by atoms with E-state index < -0.39 is 17.6 Å².